The fourth-order valence-electron chi connectivity index (χ4n) is 3.01. The van der Waals surface area contributed by atoms with Crippen molar-refractivity contribution in [2.45, 2.75) is 13.8 Å². The van der Waals surface area contributed by atoms with E-state index in [9.17, 15) is 4.79 Å². The second-order valence-electron chi connectivity index (χ2n) is 6.61. The molecule has 0 aliphatic carbocycles. The SMILES string of the molecule is CCOc1ccc2nc(-c3cccc(NC(=O)Nc4cccc(Cl)c4C)c3)cn2n1. The van der Waals surface area contributed by atoms with Gasteiger partial charge in [0.25, 0.3) is 0 Å². The molecular weight excluding hydrogens is 402 g/mol. The van der Waals surface area contributed by atoms with Crippen molar-refractivity contribution < 1.29 is 9.53 Å². The van der Waals surface area contributed by atoms with Gasteiger partial charge in [-0.2, -0.15) is 0 Å². The topological polar surface area (TPSA) is 80.5 Å². The van der Waals surface area contributed by atoms with Crippen LogP contribution in [-0.4, -0.2) is 27.2 Å². The van der Waals surface area contributed by atoms with Crippen LogP contribution in [0.1, 0.15) is 12.5 Å². The highest BCUT2D eigenvalue weighted by atomic mass is 35.5. The molecule has 0 radical (unpaired) electrons. The maximum Gasteiger partial charge on any atom is 0.323 e. The summed E-state index contributed by atoms with van der Waals surface area (Å²) in [5.74, 6) is 0.539. The molecule has 0 saturated heterocycles. The third-order valence-electron chi connectivity index (χ3n) is 4.52. The number of hydrogen-bond acceptors (Lipinski definition) is 4. The van der Waals surface area contributed by atoms with Gasteiger partial charge in [0, 0.05) is 28.0 Å². The summed E-state index contributed by atoms with van der Waals surface area (Å²) < 4.78 is 7.11. The van der Waals surface area contributed by atoms with Crippen LogP contribution in [0.15, 0.2) is 60.8 Å². The van der Waals surface area contributed by atoms with Crippen molar-refractivity contribution >= 4 is 34.7 Å². The number of carbonyl (C=O) groups is 1. The lowest BCUT2D eigenvalue weighted by Gasteiger charge is -2.11. The van der Waals surface area contributed by atoms with Crippen LogP contribution < -0.4 is 15.4 Å². The molecule has 0 bridgehead atoms. The standard InChI is InChI=1S/C22H20ClN5O2/c1-3-30-21-11-10-20-25-19(13-28(20)27-21)15-6-4-7-16(12-15)24-22(29)26-18-9-5-8-17(23)14(18)2/h4-13H,3H2,1-2H3,(H2,24,26,29). The van der Waals surface area contributed by atoms with Gasteiger partial charge in [-0.05, 0) is 49.7 Å². The molecule has 4 aromatic rings. The van der Waals surface area contributed by atoms with Gasteiger partial charge in [-0.1, -0.05) is 29.8 Å². The zero-order valence-electron chi connectivity index (χ0n) is 16.5. The molecule has 152 valence electrons. The summed E-state index contributed by atoms with van der Waals surface area (Å²) in [4.78, 5) is 17.0. The largest absolute Gasteiger partial charge is 0.477 e. The van der Waals surface area contributed by atoms with Crippen molar-refractivity contribution in [2.75, 3.05) is 17.2 Å². The third-order valence-corrected chi connectivity index (χ3v) is 4.93. The molecule has 2 amide bonds. The fraction of sp³-hybridized carbons (Fsp3) is 0.136. The molecule has 8 heteroatoms. The highest BCUT2D eigenvalue weighted by molar-refractivity contribution is 6.31. The van der Waals surface area contributed by atoms with Crippen molar-refractivity contribution in [3.63, 3.8) is 0 Å². The normalized spacial score (nSPS) is 10.8. The minimum absolute atomic E-state index is 0.351. The quantitative estimate of drug-likeness (QED) is 0.452. The lowest BCUT2D eigenvalue weighted by atomic mass is 10.1. The van der Waals surface area contributed by atoms with E-state index in [-0.39, 0.29) is 6.03 Å². The van der Waals surface area contributed by atoms with Gasteiger partial charge >= 0.3 is 6.03 Å². The van der Waals surface area contributed by atoms with Crippen molar-refractivity contribution in [2.24, 2.45) is 0 Å². The second kappa shape index (κ2) is 8.42. The highest BCUT2D eigenvalue weighted by Gasteiger charge is 2.10. The first-order valence-electron chi connectivity index (χ1n) is 9.46. The van der Waals surface area contributed by atoms with Crippen LogP contribution in [0.4, 0.5) is 16.2 Å². The number of nitrogens with one attached hydrogen (secondary N) is 2. The number of urea groups is 1. The maximum atomic E-state index is 12.4. The van der Waals surface area contributed by atoms with Crippen LogP contribution in [0, 0.1) is 6.92 Å². The molecule has 2 aromatic carbocycles. The molecule has 7 nitrogen and oxygen atoms in total. The Balaban J connectivity index is 1.53. The molecule has 0 aliphatic rings. The molecule has 0 atom stereocenters. The first kappa shape index (κ1) is 19.7. The van der Waals surface area contributed by atoms with E-state index in [0.717, 1.165) is 16.8 Å². The third kappa shape index (κ3) is 4.21. The minimum Gasteiger partial charge on any atom is -0.477 e. The molecule has 4 rings (SSSR count). The van der Waals surface area contributed by atoms with Gasteiger partial charge in [0.15, 0.2) is 5.65 Å². The van der Waals surface area contributed by atoms with Crippen molar-refractivity contribution in [1.29, 1.82) is 0 Å². The maximum absolute atomic E-state index is 12.4. The number of rotatable bonds is 5. The first-order valence-corrected chi connectivity index (χ1v) is 9.84. The average Bonchev–Trinajstić information content (AvgIpc) is 3.15. The highest BCUT2D eigenvalue weighted by Crippen LogP contribution is 2.25. The number of anilines is 2. The summed E-state index contributed by atoms with van der Waals surface area (Å²) in [6, 6.07) is 16.1. The summed E-state index contributed by atoms with van der Waals surface area (Å²) in [6.07, 6.45) is 1.83. The Morgan fingerprint density at radius 1 is 1.13 bits per heavy atom. The smallest absolute Gasteiger partial charge is 0.323 e. The predicted octanol–water partition coefficient (Wildman–Crippen LogP) is 5.40. The molecule has 2 aromatic heterocycles. The van der Waals surface area contributed by atoms with Crippen LogP contribution >= 0.6 is 11.6 Å². The summed E-state index contributed by atoms with van der Waals surface area (Å²) in [5, 5.41) is 10.6. The Morgan fingerprint density at radius 2 is 1.97 bits per heavy atom. The van der Waals surface area contributed by atoms with E-state index < -0.39 is 0 Å². The van der Waals surface area contributed by atoms with Crippen LogP contribution in [0.3, 0.4) is 0 Å². The summed E-state index contributed by atoms with van der Waals surface area (Å²) in [6.45, 7) is 4.31. The number of hydrogen-bond donors (Lipinski definition) is 2. The van der Waals surface area contributed by atoms with Crippen molar-refractivity contribution in [1.82, 2.24) is 14.6 Å². The minimum atomic E-state index is -0.351. The summed E-state index contributed by atoms with van der Waals surface area (Å²) >= 11 is 6.11. The molecule has 0 unspecified atom stereocenters. The number of aromatic nitrogens is 3. The lowest BCUT2D eigenvalue weighted by molar-refractivity contribution is 0.262. The van der Waals surface area contributed by atoms with Gasteiger partial charge in [0.2, 0.25) is 5.88 Å². The van der Waals surface area contributed by atoms with Gasteiger partial charge in [-0.3, -0.25) is 0 Å². The molecule has 2 heterocycles. The Morgan fingerprint density at radius 3 is 2.80 bits per heavy atom. The number of imidazole rings is 1. The number of ether oxygens (including phenoxy) is 1. The van der Waals surface area contributed by atoms with E-state index in [1.165, 1.54) is 0 Å². The zero-order valence-corrected chi connectivity index (χ0v) is 17.3. The molecule has 0 spiro atoms. The molecule has 0 aliphatic heterocycles. The van der Waals surface area contributed by atoms with Gasteiger partial charge in [0.1, 0.15) is 0 Å². The van der Waals surface area contributed by atoms with Gasteiger partial charge < -0.3 is 15.4 Å². The zero-order chi connectivity index (χ0) is 21.1. The monoisotopic (exact) mass is 421 g/mol. The summed E-state index contributed by atoms with van der Waals surface area (Å²) in [5.41, 5.74) is 4.42. The van der Waals surface area contributed by atoms with Crippen LogP contribution in [0.5, 0.6) is 5.88 Å². The van der Waals surface area contributed by atoms with E-state index in [1.807, 2.05) is 50.4 Å². The first-order chi connectivity index (χ1) is 14.5. The fourth-order valence-corrected chi connectivity index (χ4v) is 3.19. The van der Waals surface area contributed by atoms with E-state index >= 15 is 0 Å². The average molecular weight is 422 g/mol. The number of amides is 2. The molecule has 0 saturated carbocycles. The molecular formula is C22H20ClN5O2. The van der Waals surface area contributed by atoms with E-state index in [4.69, 9.17) is 16.3 Å². The van der Waals surface area contributed by atoms with E-state index in [1.54, 1.807) is 28.8 Å². The van der Waals surface area contributed by atoms with Crippen molar-refractivity contribution in [3.05, 3.63) is 71.4 Å². The Hall–Kier alpha value is -3.58. The number of nitrogens with zero attached hydrogens (tertiary/aromatic N) is 3. The van der Waals surface area contributed by atoms with Gasteiger partial charge in [-0.15, -0.1) is 5.10 Å². The second-order valence-corrected chi connectivity index (χ2v) is 7.01. The molecule has 30 heavy (non-hydrogen) atoms. The van der Waals surface area contributed by atoms with Crippen LogP contribution in [0.25, 0.3) is 16.9 Å². The van der Waals surface area contributed by atoms with E-state index in [0.29, 0.717) is 34.5 Å². The van der Waals surface area contributed by atoms with Crippen LogP contribution in [0.2, 0.25) is 5.02 Å². The molecule has 2 N–H and O–H groups in total. The van der Waals surface area contributed by atoms with Gasteiger partial charge in [0.05, 0.1) is 18.5 Å². The number of fused-ring (bicyclic) bond motifs is 1. The number of carbonyl (C=O) groups excluding carboxylic acids is 1. The Kier molecular flexibility index (Phi) is 5.54. The van der Waals surface area contributed by atoms with E-state index in [2.05, 4.69) is 20.7 Å². The number of halogens is 1. The Labute approximate surface area is 178 Å². The van der Waals surface area contributed by atoms with Crippen molar-refractivity contribution in [3.8, 4) is 17.1 Å². The Bertz CT molecular complexity index is 1220. The predicted molar refractivity (Wildman–Crippen MR) is 118 cm³/mol. The summed E-state index contributed by atoms with van der Waals surface area (Å²) in [7, 11) is 0. The van der Waals surface area contributed by atoms with Gasteiger partial charge in [-0.25, -0.2) is 14.3 Å². The van der Waals surface area contributed by atoms with Crippen LogP contribution in [-0.2, 0) is 0 Å². The number of benzene rings is 2. The lowest BCUT2D eigenvalue weighted by Crippen LogP contribution is -2.20. The molecule has 0 fully saturated rings.